The average molecular weight is 480 g/mol. The number of aliphatic hydroxyl groups excluding tert-OH is 1. The van der Waals surface area contributed by atoms with Crippen LogP contribution < -0.4 is 14.8 Å². The number of carbonyl (C=O) groups is 1. The normalized spacial score (nSPS) is 12.7. The summed E-state index contributed by atoms with van der Waals surface area (Å²) in [5, 5.41) is 32.0. The van der Waals surface area contributed by atoms with Gasteiger partial charge in [0.2, 0.25) is 0 Å². The largest absolute Gasteiger partial charge is 0.508 e. The monoisotopic (exact) mass is 479 g/mol. The highest BCUT2D eigenvalue weighted by Gasteiger charge is 2.16. The maximum absolute atomic E-state index is 10.7. The Labute approximate surface area is 206 Å². The van der Waals surface area contributed by atoms with Crippen LogP contribution in [0.3, 0.4) is 0 Å². The van der Waals surface area contributed by atoms with Gasteiger partial charge in [-0.05, 0) is 97.5 Å². The second-order valence-corrected chi connectivity index (χ2v) is 8.73. The molecular formula is C28H33NO6. The number of aliphatic carboxylic acids is 1. The van der Waals surface area contributed by atoms with Crippen molar-refractivity contribution in [3.8, 4) is 28.4 Å². The molecule has 7 nitrogen and oxygen atoms in total. The summed E-state index contributed by atoms with van der Waals surface area (Å²) >= 11 is 0. The molecule has 0 saturated carbocycles. The van der Waals surface area contributed by atoms with Crippen molar-refractivity contribution < 1.29 is 29.6 Å². The van der Waals surface area contributed by atoms with Crippen molar-refractivity contribution in [2.45, 2.75) is 39.8 Å². The fourth-order valence-electron chi connectivity index (χ4n) is 4.04. The highest BCUT2D eigenvalue weighted by molar-refractivity contribution is 5.71. The summed E-state index contributed by atoms with van der Waals surface area (Å²) < 4.78 is 11.3. The van der Waals surface area contributed by atoms with Crippen molar-refractivity contribution in [1.29, 1.82) is 0 Å². The van der Waals surface area contributed by atoms with E-state index in [-0.39, 0.29) is 18.4 Å². The summed E-state index contributed by atoms with van der Waals surface area (Å²) in [4.78, 5) is 10.7. The number of nitrogens with one attached hydrogen (secondary N) is 1. The Morgan fingerprint density at radius 2 is 1.60 bits per heavy atom. The molecule has 7 heteroatoms. The van der Waals surface area contributed by atoms with Crippen molar-refractivity contribution in [3.05, 3.63) is 76.9 Å². The SMILES string of the molecule is Cc1cc(OCC(=O)O)ccc1-c1cc(C)c(OCCN[C@@H](C)[C@H](O)c2ccc(O)cc2)c(C)c1. The van der Waals surface area contributed by atoms with Gasteiger partial charge in [0.25, 0.3) is 0 Å². The van der Waals surface area contributed by atoms with Crippen LogP contribution in [-0.2, 0) is 4.79 Å². The summed E-state index contributed by atoms with van der Waals surface area (Å²) in [7, 11) is 0. The zero-order chi connectivity index (χ0) is 25.5. The summed E-state index contributed by atoms with van der Waals surface area (Å²) in [5.74, 6) is 0.524. The molecule has 35 heavy (non-hydrogen) atoms. The molecule has 0 bridgehead atoms. The van der Waals surface area contributed by atoms with Crippen LogP contribution in [0.25, 0.3) is 11.1 Å². The minimum absolute atomic E-state index is 0.170. The number of carboxylic acid groups (broad SMARTS) is 1. The van der Waals surface area contributed by atoms with E-state index < -0.39 is 12.1 Å². The van der Waals surface area contributed by atoms with Gasteiger partial charge in [-0.25, -0.2) is 4.79 Å². The van der Waals surface area contributed by atoms with Gasteiger partial charge in [0.05, 0.1) is 6.10 Å². The Morgan fingerprint density at radius 3 is 2.20 bits per heavy atom. The Kier molecular flexibility index (Phi) is 8.73. The number of benzene rings is 3. The molecule has 0 aromatic heterocycles. The molecule has 3 aromatic carbocycles. The van der Waals surface area contributed by atoms with E-state index in [9.17, 15) is 15.0 Å². The molecule has 0 radical (unpaired) electrons. The third kappa shape index (κ3) is 6.97. The number of aryl methyl sites for hydroxylation is 3. The first-order chi connectivity index (χ1) is 16.7. The van der Waals surface area contributed by atoms with E-state index in [1.165, 1.54) is 0 Å². The van der Waals surface area contributed by atoms with Gasteiger partial charge >= 0.3 is 5.97 Å². The second kappa shape index (κ2) is 11.7. The molecule has 0 amide bonds. The lowest BCUT2D eigenvalue weighted by atomic mass is 9.96. The number of aromatic hydroxyl groups is 1. The number of hydrogen-bond donors (Lipinski definition) is 4. The van der Waals surface area contributed by atoms with Crippen LogP contribution in [-0.4, -0.2) is 47.1 Å². The quantitative estimate of drug-likeness (QED) is 0.299. The third-order valence-electron chi connectivity index (χ3n) is 5.85. The van der Waals surface area contributed by atoms with Gasteiger partial charge in [-0.1, -0.05) is 18.2 Å². The van der Waals surface area contributed by atoms with E-state index >= 15 is 0 Å². The molecule has 0 saturated heterocycles. The Hall–Kier alpha value is -3.55. The smallest absolute Gasteiger partial charge is 0.341 e. The van der Waals surface area contributed by atoms with E-state index in [4.69, 9.17) is 14.6 Å². The van der Waals surface area contributed by atoms with Crippen molar-refractivity contribution in [2.75, 3.05) is 19.8 Å². The number of carboxylic acids is 1. The maximum Gasteiger partial charge on any atom is 0.341 e. The van der Waals surface area contributed by atoms with Crippen LogP contribution in [0.2, 0.25) is 0 Å². The molecule has 0 spiro atoms. The lowest BCUT2D eigenvalue weighted by Gasteiger charge is -2.21. The predicted molar refractivity (Wildman–Crippen MR) is 135 cm³/mol. The Balaban J connectivity index is 1.59. The van der Waals surface area contributed by atoms with Gasteiger partial charge in [0.1, 0.15) is 23.9 Å². The predicted octanol–water partition coefficient (Wildman–Crippen LogP) is 4.54. The number of hydrogen-bond acceptors (Lipinski definition) is 6. The molecular weight excluding hydrogens is 446 g/mol. The second-order valence-electron chi connectivity index (χ2n) is 8.73. The van der Waals surface area contributed by atoms with Crippen molar-refractivity contribution >= 4 is 5.97 Å². The highest BCUT2D eigenvalue weighted by atomic mass is 16.5. The molecule has 2 atom stereocenters. The standard InChI is InChI=1S/C28H33NO6/c1-17-15-24(35-16-26(31)32)9-10-25(17)22-13-18(2)28(19(3)14-22)34-12-11-29-20(4)27(33)21-5-7-23(30)8-6-21/h5-10,13-15,20,27,29-30,33H,11-12,16H2,1-4H3,(H,31,32)/t20-,27-/m0/s1. The lowest BCUT2D eigenvalue weighted by Crippen LogP contribution is -2.35. The van der Waals surface area contributed by atoms with Crippen LogP contribution >= 0.6 is 0 Å². The van der Waals surface area contributed by atoms with Gasteiger partial charge in [-0.2, -0.15) is 0 Å². The van der Waals surface area contributed by atoms with Gasteiger partial charge < -0.3 is 30.1 Å². The highest BCUT2D eigenvalue weighted by Crippen LogP contribution is 2.33. The molecule has 186 valence electrons. The van der Waals surface area contributed by atoms with Gasteiger partial charge in [-0.3, -0.25) is 0 Å². The van der Waals surface area contributed by atoms with Gasteiger partial charge in [0, 0.05) is 12.6 Å². The molecule has 0 unspecified atom stereocenters. The van der Waals surface area contributed by atoms with Crippen LogP contribution in [0, 0.1) is 20.8 Å². The summed E-state index contributed by atoms with van der Waals surface area (Å²) in [5.41, 5.74) is 5.86. The van der Waals surface area contributed by atoms with Gasteiger partial charge in [-0.15, -0.1) is 0 Å². The van der Waals surface area contributed by atoms with E-state index in [0.717, 1.165) is 39.1 Å². The van der Waals surface area contributed by atoms with Crippen LogP contribution in [0.4, 0.5) is 0 Å². The molecule has 0 heterocycles. The molecule has 0 aliphatic rings. The number of rotatable bonds is 11. The first kappa shape index (κ1) is 26.1. The van der Waals surface area contributed by atoms with Crippen molar-refractivity contribution in [3.63, 3.8) is 0 Å². The number of phenols is 1. The van der Waals surface area contributed by atoms with E-state index in [2.05, 4.69) is 17.4 Å². The van der Waals surface area contributed by atoms with Crippen LogP contribution in [0.5, 0.6) is 17.2 Å². The number of aliphatic hydroxyl groups is 1. The zero-order valence-electron chi connectivity index (χ0n) is 20.5. The Morgan fingerprint density at radius 1 is 0.943 bits per heavy atom. The first-order valence-corrected chi connectivity index (χ1v) is 11.6. The van der Waals surface area contributed by atoms with Crippen LogP contribution in [0.15, 0.2) is 54.6 Å². The zero-order valence-corrected chi connectivity index (χ0v) is 20.5. The van der Waals surface area contributed by atoms with E-state index in [1.807, 2.05) is 39.8 Å². The topological polar surface area (TPSA) is 108 Å². The minimum Gasteiger partial charge on any atom is -0.508 e. The molecule has 3 rings (SSSR count). The summed E-state index contributed by atoms with van der Waals surface area (Å²) in [6.07, 6.45) is -0.692. The third-order valence-corrected chi connectivity index (χ3v) is 5.85. The minimum atomic E-state index is -1.01. The van der Waals surface area contributed by atoms with E-state index in [1.54, 1.807) is 30.3 Å². The molecule has 0 aliphatic heterocycles. The molecule has 4 N–H and O–H groups in total. The summed E-state index contributed by atoms with van der Waals surface area (Å²) in [6, 6.07) is 16.1. The Bertz CT molecular complexity index is 1140. The number of ether oxygens (including phenoxy) is 2. The lowest BCUT2D eigenvalue weighted by molar-refractivity contribution is -0.139. The number of phenolic OH excluding ortho intramolecular Hbond substituents is 1. The van der Waals surface area contributed by atoms with Gasteiger partial charge in [0.15, 0.2) is 6.61 Å². The van der Waals surface area contributed by atoms with Crippen molar-refractivity contribution in [2.24, 2.45) is 0 Å². The maximum atomic E-state index is 10.7. The first-order valence-electron chi connectivity index (χ1n) is 11.6. The fraction of sp³-hybridized carbons (Fsp3) is 0.321. The van der Waals surface area contributed by atoms with Crippen LogP contribution in [0.1, 0.15) is 35.3 Å². The van der Waals surface area contributed by atoms with E-state index in [0.29, 0.717) is 18.9 Å². The summed E-state index contributed by atoms with van der Waals surface area (Å²) in [6.45, 7) is 8.54. The fourth-order valence-corrected chi connectivity index (χ4v) is 4.04. The average Bonchev–Trinajstić information content (AvgIpc) is 2.81. The molecule has 0 aliphatic carbocycles. The molecule has 0 fully saturated rings. The molecule has 3 aromatic rings. The van der Waals surface area contributed by atoms with Crippen molar-refractivity contribution in [1.82, 2.24) is 5.32 Å².